The molecule has 0 bridgehead atoms. The zero-order valence-electron chi connectivity index (χ0n) is 8.40. The lowest BCUT2D eigenvalue weighted by Gasteiger charge is -1.84. The van der Waals surface area contributed by atoms with Gasteiger partial charge in [-0.1, -0.05) is 0 Å². The van der Waals surface area contributed by atoms with E-state index in [0.29, 0.717) is 0 Å². The molecule has 0 aliphatic carbocycles. The van der Waals surface area contributed by atoms with Crippen molar-refractivity contribution < 1.29 is 0 Å². The maximum Gasteiger partial charge on any atom is 0.272 e. The van der Waals surface area contributed by atoms with Gasteiger partial charge in [-0.3, -0.25) is 28.7 Å². The molecule has 0 aliphatic rings. The van der Waals surface area contributed by atoms with E-state index in [-0.39, 0.29) is 18.8 Å². The first-order chi connectivity index (χ1) is 8.00. The number of aromatic nitrogens is 2. The van der Waals surface area contributed by atoms with Gasteiger partial charge in [0.1, 0.15) is 18.8 Å². The van der Waals surface area contributed by atoms with Crippen molar-refractivity contribution >= 4 is 41.5 Å². The summed E-state index contributed by atoms with van der Waals surface area (Å²) < 4.78 is 1.84. The number of hydrogen-bond donors (Lipinski definition) is 1. The number of nitrogens with one attached hydrogen (secondary N) is 1. The molecule has 86 valence electrons. The molecule has 3 aromatic heterocycles. The van der Waals surface area contributed by atoms with Gasteiger partial charge in [0.2, 0.25) is 0 Å². The standard InChI is InChI=1S/C9H4N2O4S2/c1-11-8(14)4-5(9(11)15)17-3-2(16-4)6(12)10-7(3)13/h1H3,(H,10,12,13). The molecule has 3 heterocycles. The third kappa shape index (κ3) is 1.19. The van der Waals surface area contributed by atoms with E-state index in [9.17, 15) is 19.2 Å². The van der Waals surface area contributed by atoms with Gasteiger partial charge >= 0.3 is 0 Å². The Kier molecular flexibility index (Phi) is 1.90. The summed E-state index contributed by atoms with van der Waals surface area (Å²) in [5.41, 5.74) is -1.88. The molecule has 0 amide bonds. The number of aromatic amines is 1. The fourth-order valence-corrected chi connectivity index (χ4v) is 3.96. The molecule has 0 atom stereocenters. The summed E-state index contributed by atoms with van der Waals surface area (Å²) in [7, 11) is 1.37. The van der Waals surface area contributed by atoms with Crippen LogP contribution < -0.4 is 22.2 Å². The van der Waals surface area contributed by atoms with E-state index in [1.165, 1.54) is 7.05 Å². The van der Waals surface area contributed by atoms with Crippen LogP contribution in [0.15, 0.2) is 19.2 Å². The maximum absolute atomic E-state index is 11.7. The van der Waals surface area contributed by atoms with Crippen molar-refractivity contribution in [2.45, 2.75) is 0 Å². The molecule has 0 aromatic carbocycles. The third-order valence-electron chi connectivity index (χ3n) is 2.46. The molecule has 0 fully saturated rings. The van der Waals surface area contributed by atoms with E-state index >= 15 is 0 Å². The maximum atomic E-state index is 11.7. The van der Waals surface area contributed by atoms with Gasteiger partial charge in [-0.25, -0.2) is 0 Å². The number of nitrogens with zero attached hydrogens (tertiary/aromatic N) is 1. The summed E-state index contributed by atoms with van der Waals surface area (Å²) in [5, 5.41) is 0. The number of fused-ring (bicyclic) bond motifs is 2. The van der Waals surface area contributed by atoms with Crippen LogP contribution in [0, 0.1) is 0 Å². The molecule has 6 nitrogen and oxygen atoms in total. The van der Waals surface area contributed by atoms with Crippen molar-refractivity contribution in [3.05, 3.63) is 41.4 Å². The molecule has 3 rings (SSSR count). The van der Waals surface area contributed by atoms with Crippen LogP contribution in [-0.2, 0) is 7.05 Å². The highest BCUT2D eigenvalue weighted by Crippen LogP contribution is 2.24. The summed E-state index contributed by atoms with van der Waals surface area (Å²) in [5.74, 6) is 0. The van der Waals surface area contributed by atoms with Gasteiger partial charge in [-0.05, 0) is 0 Å². The van der Waals surface area contributed by atoms with Crippen LogP contribution >= 0.6 is 22.7 Å². The molecular formula is C9H4N2O4S2. The van der Waals surface area contributed by atoms with Crippen LogP contribution in [0.2, 0.25) is 0 Å². The Bertz CT molecular complexity index is 899. The third-order valence-corrected chi connectivity index (χ3v) is 5.07. The average Bonchev–Trinajstić information content (AvgIpc) is 2.70. The predicted octanol–water partition coefficient (Wildman–Crippen LogP) is -0.339. The van der Waals surface area contributed by atoms with E-state index < -0.39 is 22.2 Å². The van der Waals surface area contributed by atoms with Gasteiger partial charge in [0.15, 0.2) is 0 Å². The van der Waals surface area contributed by atoms with Crippen LogP contribution in [0.5, 0.6) is 0 Å². The van der Waals surface area contributed by atoms with Gasteiger partial charge in [-0.15, -0.1) is 22.7 Å². The summed E-state index contributed by atoms with van der Waals surface area (Å²) in [6.07, 6.45) is 0. The van der Waals surface area contributed by atoms with E-state index in [4.69, 9.17) is 0 Å². The fourth-order valence-electron chi connectivity index (χ4n) is 1.58. The molecule has 3 aromatic rings. The highest BCUT2D eigenvalue weighted by atomic mass is 32.1. The van der Waals surface area contributed by atoms with Crippen molar-refractivity contribution in [3.8, 4) is 0 Å². The van der Waals surface area contributed by atoms with Crippen molar-refractivity contribution in [2.24, 2.45) is 7.05 Å². The van der Waals surface area contributed by atoms with Gasteiger partial charge < -0.3 is 0 Å². The van der Waals surface area contributed by atoms with Crippen molar-refractivity contribution in [2.75, 3.05) is 0 Å². The second kappa shape index (κ2) is 3.11. The van der Waals surface area contributed by atoms with Crippen LogP contribution in [-0.4, -0.2) is 9.55 Å². The molecular weight excluding hydrogens is 264 g/mol. The molecule has 0 saturated carbocycles. The summed E-state index contributed by atoms with van der Waals surface area (Å²) in [6, 6.07) is 0. The first kappa shape index (κ1) is 10.4. The Morgan fingerprint density at radius 3 is 1.65 bits per heavy atom. The Morgan fingerprint density at radius 2 is 1.24 bits per heavy atom. The second-order valence-corrected chi connectivity index (χ2v) is 5.51. The lowest BCUT2D eigenvalue weighted by atomic mass is 10.6. The smallest absolute Gasteiger partial charge is 0.272 e. The number of H-pyrrole nitrogens is 1. The first-order valence-electron chi connectivity index (χ1n) is 4.53. The normalized spacial score (nSPS) is 11.6. The molecule has 17 heavy (non-hydrogen) atoms. The molecule has 1 N–H and O–H groups in total. The van der Waals surface area contributed by atoms with Crippen LogP contribution in [0.3, 0.4) is 0 Å². The van der Waals surface area contributed by atoms with Gasteiger partial charge in [-0.2, -0.15) is 0 Å². The van der Waals surface area contributed by atoms with E-state index in [0.717, 1.165) is 27.2 Å². The zero-order valence-corrected chi connectivity index (χ0v) is 10.0. The highest BCUT2D eigenvalue weighted by Gasteiger charge is 2.16. The quantitative estimate of drug-likeness (QED) is 0.604. The molecule has 0 unspecified atom stereocenters. The van der Waals surface area contributed by atoms with E-state index in [2.05, 4.69) is 4.98 Å². The first-order valence-corrected chi connectivity index (χ1v) is 6.16. The molecule has 0 spiro atoms. The topological polar surface area (TPSA) is 89.0 Å². The molecule has 0 saturated heterocycles. The van der Waals surface area contributed by atoms with Gasteiger partial charge in [0.25, 0.3) is 22.2 Å². The van der Waals surface area contributed by atoms with E-state index in [1.54, 1.807) is 0 Å². The van der Waals surface area contributed by atoms with Crippen molar-refractivity contribution in [1.82, 2.24) is 9.55 Å². The summed E-state index contributed by atoms with van der Waals surface area (Å²) >= 11 is 1.79. The van der Waals surface area contributed by atoms with Crippen molar-refractivity contribution in [1.29, 1.82) is 0 Å². The monoisotopic (exact) mass is 268 g/mol. The summed E-state index contributed by atoms with van der Waals surface area (Å²) in [6.45, 7) is 0. The van der Waals surface area contributed by atoms with Crippen molar-refractivity contribution in [3.63, 3.8) is 0 Å². The molecule has 8 heteroatoms. The average molecular weight is 268 g/mol. The fraction of sp³-hybridized carbons (Fsp3) is 0.111. The van der Waals surface area contributed by atoms with Gasteiger partial charge in [0.05, 0.1) is 0 Å². The lowest BCUT2D eigenvalue weighted by molar-refractivity contribution is 0.858. The SMILES string of the molecule is Cn1c(=O)c2sc3c(=O)[nH]c(=O)c3sc2c1=O. The highest BCUT2D eigenvalue weighted by molar-refractivity contribution is 7.36. The van der Waals surface area contributed by atoms with E-state index in [1.807, 2.05) is 0 Å². The Hall–Kier alpha value is -1.80. The second-order valence-electron chi connectivity index (χ2n) is 3.47. The van der Waals surface area contributed by atoms with Crippen LogP contribution in [0.1, 0.15) is 0 Å². The minimum atomic E-state index is -0.510. The lowest BCUT2D eigenvalue weighted by Crippen LogP contribution is -2.20. The number of rotatable bonds is 0. The Balaban J connectivity index is 2.79. The van der Waals surface area contributed by atoms with Gasteiger partial charge in [0, 0.05) is 7.05 Å². The zero-order chi connectivity index (χ0) is 12.3. The minimum Gasteiger partial charge on any atom is -0.287 e. The number of hydrogen-bond acceptors (Lipinski definition) is 6. The summed E-state index contributed by atoms with van der Waals surface area (Å²) in [4.78, 5) is 48.4. The minimum absolute atomic E-state index is 0.204. The van der Waals surface area contributed by atoms with Crippen LogP contribution in [0.25, 0.3) is 18.8 Å². The molecule has 0 radical (unpaired) electrons. The largest absolute Gasteiger partial charge is 0.287 e. The predicted molar refractivity (Wildman–Crippen MR) is 66.8 cm³/mol. The Morgan fingerprint density at radius 1 is 0.824 bits per heavy atom. The molecule has 0 aliphatic heterocycles. The Labute approximate surface area is 99.7 Å². The van der Waals surface area contributed by atoms with Crippen LogP contribution in [0.4, 0.5) is 0 Å².